The first-order valence-corrected chi connectivity index (χ1v) is 8.80. The zero-order valence-corrected chi connectivity index (χ0v) is 14.3. The lowest BCUT2D eigenvalue weighted by Gasteiger charge is -2.33. The van der Waals surface area contributed by atoms with E-state index in [1.165, 1.54) is 12.0 Å². The Morgan fingerprint density at radius 1 is 0.958 bits per heavy atom. The Bertz CT molecular complexity index is 695. The van der Waals surface area contributed by atoms with Crippen molar-refractivity contribution >= 4 is 17.7 Å². The van der Waals surface area contributed by atoms with Crippen LogP contribution in [0.5, 0.6) is 0 Å². The second kappa shape index (κ2) is 7.48. The average Bonchev–Trinajstić information content (AvgIpc) is 2.63. The summed E-state index contributed by atoms with van der Waals surface area (Å²) in [5, 5.41) is 3.11. The van der Waals surface area contributed by atoms with Crippen molar-refractivity contribution in [2.24, 2.45) is 5.41 Å². The Morgan fingerprint density at radius 3 is 2.29 bits per heavy atom. The molecular weight excluding hydrogens is 294 g/mol. The fraction of sp³-hybridized carbons (Fsp3) is 0.318. The number of aryl methyl sites for hydroxylation is 1. The molecule has 2 nitrogen and oxygen atoms in total. The normalized spacial score (nSPS) is 16.9. The summed E-state index contributed by atoms with van der Waals surface area (Å²) in [7, 11) is 0. The van der Waals surface area contributed by atoms with Crippen LogP contribution in [0.15, 0.2) is 60.7 Å². The summed E-state index contributed by atoms with van der Waals surface area (Å²) in [6, 6.07) is 18.2. The lowest BCUT2D eigenvalue weighted by molar-refractivity contribution is -0.124. The predicted octanol–water partition coefficient (Wildman–Crippen LogP) is 5.60. The van der Waals surface area contributed by atoms with Gasteiger partial charge in [0.1, 0.15) is 0 Å². The molecule has 0 unspecified atom stereocenters. The maximum atomic E-state index is 13.0. The van der Waals surface area contributed by atoms with Gasteiger partial charge in [0.15, 0.2) is 0 Å². The Hall–Kier alpha value is -2.35. The number of carbonyl (C=O) groups excluding carboxylic acids is 1. The summed E-state index contributed by atoms with van der Waals surface area (Å²) < 4.78 is 0. The van der Waals surface area contributed by atoms with E-state index < -0.39 is 0 Å². The number of nitrogens with one attached hydrogen (secondary N) is 1. The number of hydrogen-bond acceptors (Lipinski definition) is 1. The summed E-state index contributed by atoms with van der Waals surface area (Å²) in [4.78, 5) is 13.0. The van der Waals surface area contributed by atoms with Crippen LogP contribution in [0.1, 0.15) is 43.2 Å². The fourth-order valence-electron chi connectivity index (χ4n) is 3.36. The quantitative estimate of drug-likeness (QED) is 0.781. The standard InChI is InChI=1S/C22H25NO/c1-18-10-12-19(13-11-18)14-17-22(15-6-3-7-16-22)21(24)23-20-8-4-2-5-9-20/h2,4-5,8-14,17H,3,6-7,15-16H2,1H3,(H,23,24)/b17-14+. The molecule has 1 fully saturated rings. The summed E-state index contributed by atoms with van der Waals surface area (Å²) in [6.45, 7) is 2.09. The van der Waals surface area contributed by atoms with E-state index in [-0.39, 0.29) is 11.3 Å². The van der Waals surface area contributed by atoms with Gasteiger partial charge in [-0.1, -0.05) is 79.4 Å². The molecule has 24 heavy (non-hydrogen) atoms. The van der Waals surface area contributed by atoms with Gasteiger partial charge in [-0.15, -0.1) is 0 Å². The van der Waals surface area contributed by atoms with E-state index in [4.69, 9.17) is 0 Å². The SMILES string of the molecule is Cc1ccc(/C=C/C2(C(=O)Nc3ccccc3)CCCCC2)cc1. The third-order valence-corrected chi connectivity index (χ3v) is 4.90. The smallest absolute Gasteiger partial charge is 0.234 e. The van der Waals surface area contributed by atoms with Crippen molar-refractivity contribution in [1.29, 1.82) is 0 Å². The molecule has 0 radical (unpaired) electrons. The molecule has 0 spiro atoms. The number of anilines is 1. The van der Waals surface area contributed by atoms with Crippen LogP contribution >= 0.6 is 0 Å². The molecule has 0 aliphatic heterocycles. The minimum atomic E-state index is -0.390. The molecule has 2 heteroatoms. The lowest BCUT2D eigenvalue weighted by Crippen LogP contribution is -2.36. The van der Waals surface area contributed by atoms with E-state index in [9.17, 15) is 4.79 Å². The van der Waals surface area contributed by atoms with Crippen molar-refractivity contribution in [3.63, 3.8) is 0 Å². The van der Waals surface area contributed by atoms with Gasteiger partial charge in [0.25, 0.3) is 0 Å². The maximum Gasteiger partial charge on any atom is 0.234 e. The summed E-state index contributed by atoms with van der Waals surface area (Å²) in [6.07, 6.45) is 9.53. The van der Waals surface area contributed by atoms with E-state index in [1.807, 2.05) is 30.3 Å². The molecule has 0 aromatic heterocycles. The summed E-state index contributed by atoms with van der Waals surface area (Å²) in [5.74, 6) is 0.122. The van der Waals surface area contributed by atoms with Crippen LogP contribution in [0, 0.1) is 12.3 Å². The highest BCUT2D eigenvalue weighted by molar-refractivity contribution is 5.97. The molecule has 1 aliphatic carbocycles. The van der Waals surface area contributed by atoms with Gasteiger partial charge in [-0.25, -0.2) is 0 Å². The van der Waals surface area contributed by atoms with Crippen molar-refractivity contribution in [3.05, 3.63) is 71.8 Å². The third kappa shape index (κ3) is 3.94. The van der Waals surface area contributed by atoms with Gasteiger partial charge < -0.3 is 5.32 Å². The second-order valence-electron chi connectivity index (χ2n) is 6.78. The van der Waals surface area contributed by atoms with E-state index >= 15 is 0 Å². The summed E-state index contributed by atoms with van der Waals surface area (Å²) >= 11 is 0. The monoisotopic (exact) mass is 319 g/mol. The molecule has 1 saturated carbocycles. The van der Waals surface area contributed by atoms with Gasteiger partial charge >= 0.3 is 0 Å². The number of carbonyl (C=O) groups is 1. The van der Waals surface area contributed by atoms with E-state index in [0.29, 0.717) is 0 Å². The van der Waals surface area contributed by atoms with Crippen molar-refractivity contribution < 1.29 is 4.79 Å². The minimum absolute atomic E-state index is 0.122. The summed E-state index contributed by atoms with van der Waals surface area (Å²) in [5.41, 5.74) is 2.88. The first kappa shape index (κ1) is 16.5. The molecule has 0 atom stereocenters. The molecule has 2 aromatic carbocycles. The van der Waals surface area contributed by atoms with Gasteiger partial charge in [0, 0.05) is 5.69 Å². The third-order valence-electron chi connectivity index (χ3n) is 4.90. The van der Waals surface area contributed by atoms with Gasteiger partial charge in [-0.3, -0.25) is 4.79 Å². The predicted molar refractivity (Wildman–Crippen MR) is 101 cm³/mol. The highest BCUT2D eigenvalue weighted by atomic mass is 16.2. The van der Waals surface area contributed by atoms with Crippen molar-refractivity contribution in [2.45, 2.75) is 39.0 Å². The number of rotatable bonds is 4. The Kier molecular flexibility index (Phi) is 5.14. The van der Waals surface area contributed by atoms with Gasteiger partial charge in [-0.2, -0.15) is 0 Å². The van der Waals surface area contributed by atoms with Gasteiger partial charge in [0.05, 0.1) is 5.41 Å². The fourth-order valence-corrected chi connectivity index (χ4v) is 3.36. The molecule has 3 rings (SSSR count). The van der Waals surface area contributed by atoms with Crippen molar-refractivity contribution in [3.8, 4) is 0 Å². The van der Waals surface area contributed by atoms with Crippen molar-refractivity contribution in [2.75, 3.05) is 5.32 Å². The minimum Gasteiger partial charge on any atom is -0.325 e. The number of para-hydroxylation sites is 1. The zero-order chi connectivity index (χ0) is 16.8. The number of benzene rings is 2. The van der Waals surface area contributed by atoms with Crippen LogP contribution in [-0.4, -0.2) is 5.91 Å². The molecule has 1 amide bonds. The molecule has 124 valence electrons. The van der Waals surface area contributed by atoms with E-state index in [2.05, 4.69) is 48.7 Å². The number of hydrogen-bond donors (Lipinski definition) is 1. The van der Waals surface area contributed by atoms with E-state index in [0.717, 1.165) is 36.9 Å². The van der Waals surface area contributed by atoms with Crippen LogP contribution in [0.3, 0.4) is 0 Å². The van der Waals surface area contributed by atoms with Crippen LogP contribution in [0.2, 0.25) is 0 Å². The molecular formula is C22H25NO. The van der Waals surface area contributed by atoms with Crippen LogP contribution in [0.4, 0.5) is 5.69 Å². The van der Waals surface area contributed by atoms with Gasteiger partial charge in [0.2, 0.25) is 5.91 Å². The zero-order valence-electron chi connectivity index (χ0n) is 14.3. The highest BCUT2D eigenvalue weighted by Gasteiger charge is 2.37. The molecule has 0 saturated heterocycles. The van der Waals surface area contributed by atoms with Crippen molar-refractivity contribution in [1.82, 2.24) is 0 Å². The van der Waals surface area contributed by atoms with Crippen LogP contribution in [0.25, 0.3) is 6.08 Å². The van der Waals surface area contributed by atoms with Crippen LogP contribution < -0.4 is 5.32 Å². The lowest BCUT2D eigenvalue weighted by atomic mass is 9.73. The van der Waals surface area contributed by atoms with Crippen LogP contribution in [-0.2, 0) is 4.79 Å². The molecule has 2 aromatic rings. The number of amides is 1. The Balaban J connectivity index is 1.81. The first-order chi connectivity index (χ1) is 11.7. The molecule has 1 aliphatic rings. The van der Waals surface area contributed by atoms with E-state index in [1.54, 1.807) is 0 Å². The molecule has 0 heterocycles. The maximum absolute atomic E-state index is 13.0. The highest BCUT2D eigenvalue weighted by Crippen LogP contribution is 2.39. The largest absolute Gasteiger partial charge is 0.325 e. The topological polar surface area (TPSA) is 29.1 Å². The first-order valence-electron chi connectivity index (χ1n) is 8.80. The Labute approximate surface area is 144 Å². The van der Waals surface area contributed by atoms with Gasteiger partial charge in [-0.05, 0) is 37.5 Å². The molecule has 0 bridgehead atoms. The Morgan fingerprint density at radius 2 is 1.62 bits per heavy atom. The average molecular weight is 319 g/mol. The molecule has 1 N–H and O–H groups in total. The second-order valence-corrected chi connectivity index (χ2v) is 6.78.